The average Bonchev–Trinajstić information content (AvgIpc) is 2.97. The van der Waals surface area contributed by atoms with E-state index in [0.29, 0.717) is 5.69 Å². The highest BCUT2D eigenvalue weighted by Crippen LogP contribution is 2.12. The van der Waals surface area contributed by atoms with Crippen LogP contribution in [0.4, 0.5) is 0 Å². The zero-order valence-corrected chi connectivity index (χ0v) is 10.7. The Kier molecular flexibility index (Phi) is 3.80. The molecule has 2 aromatic heterocycles. The molecule has 0 aliphatic heterocycles. The lowest BCUT2D eigenvalue weighted by atomic mass is 10.2. The van der Waals surface area contributed by atoms with E-state index in [1.54, 1.807) is 6.33 Å². The van der Waals surface area contributed by atoms with Gasteiger partial charge in [0.05, 0.1) is 6.33 Å². The molecule has 0 aromatic carbocycles. The molecule has 0 fully saturated rings. The number of hydrogen-bond donors (Lipinski definition) is 2. The number of nitrogens with zero attached hydrogens (tertiary/aromatic N) is 3. The number of aromatic nitrogens is 3. The van der Waals surface area contributed by atoms with E-state index in [1.807, 2.05) is 30.8 Å². The van der Waals surface area contributed by atoms with Gasteiger partial charge in [0.15, 0.2) is 0 Å². The average molecular weight is 243 g/mol. The van der Waals surface area contributed by atoms with Crippen molar-refractivity contribution >= 4 is 0 Å². The first-order valence-electron chi connectivity index (χ1n) is 5.95. The van der Waals surface area contributed by atoms with Gasteiger partial charge in [-0.15, -0.1) is 0 Å². The number of nitriles is 1. The lowest BCUT2D eigenvalue weighted by Crippen LogP contribution is -2.17. The summed E-state index contributed by atoms with van der Waals surface area (Å²) in [5, 5.41) is 12.3. The summed E-state index contributed by atoms with van der Waals surface area (Å²) in [4.78, 5) is 7.05. The summed E-state index contributed by atoms with van der Waals surface area (Å²) in [6, 6.07) is 4.13. The van der Waals surface area contributed by atoms with E-state index in [9.17, 15) is 0 Å². The molecule has 18 heavy (non-hydrogen) atoms. The predicted octanol–water partition coefficient (Wildman–Crippen LogP) is 1.26. The van der Waals surface area contributed by atoms with Crippen LogP contribution in [0.1, 0.15) is 22.6 Å². The molecule has 0 radical (unpaired) electrons. The van der Waals surface area contributed by atoms with Crippen molar-refractivity contribution in [2.75, 3.05) is 6.54 Å². The molecule has 0 unspecified atom stereocenters. The number of nitrogens with one attached hydrogen (secondary N) is 2. The Balaban J connectivity index is 1.85. The van der Waals surface area contributed by atoms with Gasteiger partial charge in [-0.3, -0.25) is 0 Å². The third kappa shape index (κ3) is 2.60. The van der Waals surface area contributed by atoms with Crippen LogP contribution in [0.5, 0.6) is 0 Å². The molecule has 0 saturated carbocycles. The summed E-state index contributed by atoms with van der Waals surface area (Å²) in [6.07, 6.45) is 4.45. The lowest BCUT2D eigenvalue weighted by Gasteiger charge is -2.04. The monoisotopic (exact) mass is 243 g/mol. The Morgan fingerprint density at radius 1 is 1.56 bits per heavy atom. The van der Waals surface area contributed by atoms with Crippen LogP contribution in [0.3, 0.4) is 0 Å². The van der Waals surface area contributed by atoms with Gasteiger partial charge in [-0.2, -0.15) is 5.26 Å². The molecule has 94 valence electrons. The van der Waals surface area contributed by atoms with Gasteiger partial charge in [0, 0.05) is 44.1 Å². The summed E-state index contributed by atoms with van der Waals surface area (Å²) in [7, 11) is 1.92. The highest BCUT2D eigenvalue weighted by atomic mass is 15.0. The van der Waals surface area contributed by atoms with Crippen molar-refractivity contribution in [3.05, 3.63) is 41.2 Å². The topological polar surface area (TPSA) is 69.4 Å². The van der Waals surface area contributed by atoms with Crippen LogP contribution >= 0.6 is 0 Å². The second-order valence-electron chi connectivity index (χ2n) is 4.31. The number of H-pyrrole nitrogens is 1. The van der Waals surface area contributed by atoms with E-state index in [2.05, 4.69) is 21.4 Å². The molecular weight excluding hydrogens is 226 g/mol. The predicted molar refractivity (Wildman–Crippen MR) is 68.9 cm³/mol. The van der Waals surface area contributed by atoms with Crippen LogP contribution in [-0.4, -0.2) is 21.1 Å². The normalized spacial score (nSPS) is 10.5. The van der Waals surface area contributed by atoms with Gasteiger partial charge in [-0.1, -0.05) is 0 Å². The Morgan fingerprint density at radius 3 is 3.00 bits per heavy atom. The minimum Gasteiger partial charge on any atom is -0.348 e. The van der Waals surface area contributed by atoms with Gasteiger partial charge in [0.1, 0.15) is 11.8 Å². The van der Waals surface area contributed by atoms with Crippen molar-refractivity contribution in [2.45, 2.75) is 19.9 Å². The number of rotatable bonds is 5. The van der Waals surface area contributed by atoms with E-state index in [0.717, 1.165) is 30.9 Å². The Labute approximate surface area is 106 Å². The van der Waals surface area contributed by atoms with Crippen LogP contribution in [-0.2, 0) is 20.0 Å². The highest BCUT2D eigenvalue weighted by molar-refractivity contribution is 5.34. The molecule has 2 rings (SSSR count). The van der Waals surface area contributed by atoms with Gasteiger partial charge in [0.25, 0.3) is 0 Å². The van der Waals surface area contributed by atoms with E-state index < -0.39 is 0 Å². The molecule has 0 aliphatic rings. The van der Waals surface area contributed by atoms with E-state index in [1.165, 1.54) is 5.56 Å². The summed E-state index contributed by atoms with van der Waals surface area (Å²) < 4.78 is 1.92. The molecule has 0 bridgehead atoms. The summed E-state index contributed by atoms with van der Waals surface area (Å²) in [6.45, 7) is 3.71. The van der Waals surface area contributed by atoms with Crippen molar-refractivity contribution in [1.29, 1.82) is 5.26 Å². The molecule has 0 spiro atoms. The largest absolute Gasteiger partial charge is 0.348 e. The molecule has 2 heterocycles. The third-order valence-electron chi connectivity index (χ3n) is 3.20. The standard InChI is InChI=1S/C13H17N5/c1-10-11(5-13(6-14)18(10)2)7-15-4-3-12-8-16-9-17-12/h5,8-9,15H,3-4,7H2,1-2H3,(H,16,17). The fourth-order valence-corrected chi connectivity index (χ4v) is 1.92. The second-order valence-corrected chi connectivity index (χ2v) is 4.31. The summed E-state index contributed by atoms with van der Waals surface area (Å²) in [5.41, 5.74) is 4.15. The van der Waals surface area contributed by atoms with E-state index in [-0.39, 0.29) is 0 Å². The maximum Gasteiger partial charge on any atom is 0.120 e. The maximum atomic E-state index is 8.95. The first-order valence-corrected chi connectivity index (χ1v) is 5.95. The van der Waals surface area contributed by atoms with Gasteiger partial charge in [0.2, 0.25) is 0 Å². The summed E-state index contributed by atoms with van der Waals surface area (Å²) in [5.74, 6) is 0. The summed E-state index contributed by atoms with van der Waals surface area (Å²) >= 11 is 0. The minimum atomic E-state index is 0.706. The number of hydrogen-bond acceptors (Lipinski definition) is 3. The lowest BCUT2D eigenvalue weighted by molar-refractivity contribution is 0.676. The highest BCUT2D eigenvalue weighted by Gasteiger charge is 2.07. The molecule has 0 aliphatic carbocycles. The molecular formula is C13H17N5. The third-order valence-corrected chi connectivity index (χ3v) is 3.20. The van der Waals surface area contributed by atoms with Crippen LogP contribution in [0.2, 0.25) is 0 Å². The smallest absolute Gasteiger partial charge is 0.120 e. The van der Waals surface area contributed by atoms with Crippen molar-refractivity contribution < 1.29 is 0 Å². The molecule has 0 atom stereocenters. The molecule has 5 nitrogen and oxygen atoms in total. The zero-order chi connectivity index (χ0) is 13.0. The van der Waals surface area contributed by atoms with Crippen molar-refractivity contribution in [2.24, 2.45) is 7.05 Å². The molecule has 2 N–H and O–H groups in total. The van der Waals surface area contributed by atoms with E-state index >= 15 is 0 Å². The fourth-order valence-electron chi connectivity index (χ4n) is 1.92. The molecule has 0 amide bonds. The minimum absolute atomic E-state index is 0.706. The second kappa shape index (κ2) is 5.52. The van der Waals surface area contributed by atoms with Crippen LogP contribution in [0, 0.1) is 18.3 Å². The van der Waals surface area contributed by atoms with Crippen LogP contribution < -0.4 is 5.32 Å². The first-order chi connectivity index (χ1) is 8.72. The zero-order valence-electron chi connectivity index (χ0n) is 10.7. The number of aromatic amines is 1. The van der Waals surface area contributed by atoms with Crippen molar-refractivity contribution in [3.63, 3.8) is 0 Å². The van der Waals surface area contributed by atoms with Crippen molar-refractivity contribution in [3.8, 4) is 6.07 Å². The van der Waals surface area contributed by atoms with Gasteiger partial charge in [-0.25, -0.2) is 4.98 Å². The Hall–Kier alpha value is -2.06. The Bertz CT molecular complexity index is 545. The van der Waals surface area contributed by atoms with E-state index in [4.69, 9.17) is 5.26 Å². The Morgan fingerprint density at radius 2 is 2.39 bits per heavy atom. The van der Waals surface area contributed by atoms with Gasteiger partial charge >= 0.3 is 0 Å². The van der Waals surface area contributed by atoms with Gasteiger partial charge < -0.3 is 14.9 Å². The van der Waals surface area contributed by atoms with Crippen LogP contribution in [0.15, 0.2) is 18.6 Å². The van der Waals surface area contributed by atoms with Crippen LogP contribution in [0.25, 0.3) is 0 Å². The maximum absolute atomic E-state index is 8.95. The fraction of sp³-hybridized carbons (Fsp3) is 0.385. The first kappa shape index (κ1) is 12.4. The molecule has 5 heteroatoms. The molecule has 0 saturated heterocycles. The SMILES string of the molecule is Cc1c(CNCCc2cnc[nH]2)cc(C#N)n1C. The van der Waals surface area contributed by atoms with Gasteiger partial charge in [-0.05, 0) is 18.6 Å². The molecule has 2 aromatic rings. The quantitative estimate of drug-likeness (QED) is 0.777. The number of imidazole rings is 1. The van der Waals surface area contributed by atoms with Crippen molar-refractivity contribution in [1.82, 2.24) is 19.9 Å².